The summed E-state index contributed by atoms with van der Waals surface area (Å²) in [6, 6.07) is 7.82. The number of carbonyl (C=O) groups is 1. The van der Waals surface area contributed by atoms with Gasteiger partial charge in [-0.25, -0.2) is 0 Å². The molecule has 1 N–H and O–H groups in total. The van der Waals surface area contributed by atoms with E-state index in [1.165, 1.54) is 11.8 Å². The summed E-state index contributed by atoms with van der Waals surface area (Å²) in [5.41, 5.74) is 0. The monoisotopic (exact) mass is 248 g/mol. The van der Waals surface area contributed by atoms with Crippen molar-refractivity contribution < 1.29 is 9.90 Å². The van der Waals surface area contributed by atoms with Gasteiger partial charge in [0, 0.05) is 16.5 Å². The van der Waals surface area contributed by atoms with E-state index in [-0.39, 0.29) is 5.92 Å². The number of hydrogen-bond acceptors (Lipinski definition) is 4. The molecule has 0 aliphatic heterocycles. The Labute approximate surface area is 103 Å². The second kappa shape index (κ2) is 5.14. The number of aliphatic carboxylic acids is 1. The molecule has 88 valence electrons. The van der Waals surface area contributed by atoms with E-state index in [9.17, 15) is 4.79 Å². The standard InChI is InChI=1S/C12H12N2O2S/c1-8(12(15)16)7-17-11-10-5-3-2-4-9(10)6-13-14-11/h2-6,8H,7H2,1H3,(H,15,16). The predicted octanol–water partition coefficient (Wildman–Crippen LogP) is 2.44. The highest BCUT2D eigenvalue weighted by atomic mass is 32.2. The van der Waals surface area contributed by atoms with Crippen molar-refractivity contribution in [2.75, 3.05) is 5.75 Å². The first kappa shape index (κ1) is 11.9. The summed E-state index contributed by atoms with van der Waals surface area (Å²) >= 11 is 1.43. The van der Waals surface area contributed by atoms with Crippen molar-refractivity contribution in [3.05, 3.63) is 30.5 Å². The van der Waals surface area contributed by atoms with E-state index < -0.39 is 5.97 Å². The van der Waals surface area contributed by atoms with Crippen LogP contribution in [0.1, 0.15) is 6.92 Å². The summed E-state index contributed by atoms with van der Waals surface area (Å²) in [5.74, 6) is -0.677. The SMILES string of the molecule is CC(CSc1nncc2ccccc12)C(=O)O. The molecule has 2 rings (SSSR count). The first-order chi connectivity index (χ1) is 8.18. The van der Waals surface area contributed by atoms with E-state index in [1.54, 1.807) is 13.1 Å². The minimum Gasteiger partial charge on any atom is -0.481 e. The van der Waals surface area contributed by atoms with Gasteiger partial charge in [0.2, 0.25) is 0 Å². The topological polar surface area (TPSA) is 63.1 Å². The molecule has 5 heteroatoms. The molecule has 1 aromatic carbocycles. The number of thioether (sulfide) groups is 1. The molecule has 0 spiro atoms. The molecule has 0 radical (unpaired) electrons. The lowest BCUT2D eigenvalue weighted by Crippen LogP contribution is -2.11. The smallest absolute Gasteiger partial charge is 0.307 e. The van der Waals surface area contributed by atoms with E-state index in [4.69, 9.17) is 5.11 Å². The summed E-state index contributed by atoms with van der Waals surface area (Å²) < 4.78 is 0. The second-order valence-corrected chi connectivity index (χ2v) is 4.80. The molecule has 1 atom stereocenters. The Morgan fingerprint density at radius 3 is 3.00 bits per heavy atom. The third kappa shape index (κ3) is 2.74. The number of nitrogens with zero attached hydrogens (tertiary/aromatic N) is 2. The highest BCUT2D eigenvalue weighted by Crippen LogP contribution is 2.26. The molecule has 0 aliphatic carbocycles. The Balaban J connectivity index is 2.21. The number of fused-ring (bicyclic) bond motifs is 1. The zero-order valence-corrected chi connectivity index (χ0v) is 10.1. The van der Waals surface area contributed by atoms with Crippen molar-refractivity contribution in [1.82, 2.24) is 10.2 Å². The summed E-state index contributed by atoms with van der Waals surface area (Å²) in [7, 11) is 0. The van der Waals surface area contributed by atoms with Gasteiger partial charge in [0.05, 0.1) is 12.1 Å². The molecule has 1 aromatic heterocycles. The first-order valence-electron chi connectivity index (χ1n) is 5.24. The molecular formula is C12H12N2O2S. The quantitative estimate of drug-likeness (QED) is 0.842. The highest BCUT2D eigenvalue weighted by Gasteiger charge is 2.12. The third-order valence-electron chi connectivity index (χ3n) is 2.43. The van der Waals surface area contributed by atoms with Gasteiger partial charge in [-0.2, -0.15) is 5.10 Å². The van der Waals surface area contributed by atoms with Crippen molar-refractivity contribution >= 4 is 28.5 Å². The zero-order valence-electron chi connectivity index (χ0n) is 9.33. The van der Waals surface area contributed by atoms with Gasteiger partial charge in [0.25, 0.3) is 0 Å². The fraction of sp³-hybridized carbons (Fsp3) is 0.250. The molecule has 1 heterocycles. The Hall–Kier alpha value is -1.62. The fourth-order valence-corrected chi connectivity index (χ4v) is 2.38. The second-order valence-electron chi connectivity index (χ2n) is 3.79. The molecule has 4 nitrogen and oxygen atoms in total. The van der Waals surface area contributed by atoms with Crippen molar-refractivity contribution in [2.45, 2.75) is 11.9 Å². The van der Waals surface area contributed by atoms with Gasteiger partial charge in [-0.15, -0.1) is 16.9 Å². The van der Waals surface area contributed by atoms with Crippen LogP contribution in [0.2, 0.25) is 0 Å². The minimum absolute atomic E-state index is 0.388. The maximum Gasteiger partial charge on any atom is 0.307 e. The van der Waals surface area contributed by atoms with Gasteiger partial charge in [0.15, 0.2) is 0 Å². The molecule has 0 aliphatic rings. The van der Waals surface area contributed by atoms with E-state index in [0.29, 0.717) is 5.75 Å². The van der Waals surface area contributed by atoms with Crippen LogP contribution in [0, 0.1) is 5.92 Å². The number of carboxylic acids is 1. The minimum atomic E-state index is -0.786. The molecule has 0 saturated carbocycles. The number of rotatable bonds is 4. The van der Waals surface area contributed by atoms with Crippen LogP contribution >= 0.6 is 11.8 Å². The lowest BCUT2D eigenvalue weighted by atomic mass is 10.2. The fourth-order valence-electron chi connectivity index (χ4n) is 1.38. The van der Waals surface area contributed by atoms with E-state index >= 15 is 0 Å². The van der Waals surface area contributed by atoms with Gasteiger partial charge >= 0.3 is 5.97 Å². The Morgan fingerprint density at radius 2 is 2.24 bits per heavy atom. The molecule has 0 saturated heterocycles. The van der Waals surface area contributed by atoms with Crippen LogP contribution in [0.25, 0.3) is 10.8 Å². The molecule has 17 heavy (non-hydrogen) atoms. The van der Waals surface area contributed by atoms with Gasteiger partial charge in [0.1, 0.15) is 5.03 Å². The summed E-state index contributed by atoms with van der Waals surface area (Å²) in [6.07, 6.45) is 1.71. The number of aromatic nitrogens is 2. The van der Waals surface area contributed by atoms with Gasteiger partial charge in [-0.1, -0.05) is 31.2 Å². The summed E-state index contributed by atoms with van der Waals surface area (Å²) in [4.78, 5) is 10.7. The van der Waals surface area contributed by atoms with E-state index in [0.717, 1.165) is 15.8 Å². The van der Waals surface area contributed by atoms with Crippen LogP contribution in [-0.4, -0.2) is 27.0 Å². The van der Waals surface area contributed by atoms with Crippen molar-refractivity contribution in [2.24, 2.45) is 5.92 Å². The number of carboxylic acid groups (broad SMARTS) is 1. The average molecular weight is 248 g/mol. The van der Waals surface area contributed by atoms with Crippen molar-refractivity contribution in [1.29, 1.82) is 0 Å². The van der Waals surface area contributed by atoms with Crippen LogP contribution in [0.4, 0.5) is 0 Å². The average Bonchev–Trinajstić information content (AvgIpc) is 2.35. The largest absolute Gasteiger partial charge is 0.481 e. The molecule has 2 aromatic rings. The molecule has 0 amide bonds. The molecule has 0 fully saturated rings. The number of benzene rings is 1. The predicted molar refractivity (Wildman–Crippen MR) is 67.1 cm³/mol. The highest BCUT2D eigenvalue weighted by molar-refractivity contribution is 7.99. The van der Waals surface area contributed by atoms with E-state index in [2.05, 4.69) is 10.2 Å². The summed E-state index contributed by atoms with van der Waals surface area (Å²) in [6.45, 7) is 1.69. The lowest BCUT2D eigenvalue weighted by molar-refractivity contribution is -0.140. The lowest BCUT2D eigenvalue weighted by Gasteiger charge is -2.06. The van der Waals surface area contributed by atoms with E-state index in [1.807, 2.05) is 24.3 Å². The van der Waals surface area contributed by atoms with Crippen LogP contribution < -0.4 is 0 Å². The van der Waals surface area contributed by atoms with Crippen LogP contribution in [-0.2, 0) is 4.79 Å². The number of hydrogen-bond donors (Lipinski definition) is 1. The van der Waals surface area contributed by atoms with Gasteiger partial charge in [-0.3, -0.25) is 4.79 Å². The zero-order chi connectivity index (χ0) is 12.3. The van der Waals surface area contributed by atoms with Gasteiger partial charge < -0.3 is 5.11 Å². The maximum atomic E-state index is 10.7. The Morgan fingerprint density at radius 1 is 1.47 bits per heavy atom. The third-order valence-corrected chi connectivity index (χ3v) is 3.67. The molecular weight excluding hydrogens is 236 g/mol. The van der Waals surface area contributed by atoms with Crippen LogP contribution in [0.15, 0.2) is 35.5 Å². The first-order valence-corrected chi connectivity index (χ1v) is 6.23. The van der Waals surface area contributed by atoms with Crippen molar-refractivity contribution in [3.8, 4) is 0 Å². The Bertz CT molecular complexity index is 540. The maximum absolute atomic E-state index is 10.7. The molecule has 1 unspecified atom stereocenters. The summed E-state index contributed by atoms with van der Waals surface area (Å²) in [5, 5.41) is 19.6. The van der Waals surface area contributed by atoms with Crippen molar-refractivity contribution in [3.63, 3.8) is 0 Å². The van der Waals surface area contributed by atoms with Crippen LogP contribution in [0.5, 0.6) is 0 Å². The molecule has 0 bridgehead atoms. The normalized spacial score (nSPS) is 12.5. The van der Waals surface area contributed by atoms with Gasteiger partial charge in [-0.05, 0) is 0 Å². The Kier molecular flexibility index (Phi) is 3.58. The van der Waals surface area contributed by atoms with Crippen LogP contribution in [0.3, 0.4) is 0 Å².